The fourth-order valence-electron chi connectivity index (χ4n) is 3.98. The first-order valence-corrected chi connectivity index (χ1v) is 11.0. The van der Waals surface area contributed by atoms with Gasteiger partial charge in [-0.2, -0.15) is 4.31 Å². The van der Waals surface area contributed by atoms with E-state index in [9.17, 15) is 13.2 Å². The van der Waals surface area contributed by atoms with Crippen molar-refractivity contribution in [2.45, 2.75) is 38.1 Å². The fraction of sp³-hybridized carbons (Fsp3) is 0.381. The van der Waals surface area contributed by atoms with Gasteiger partial charge in [-0.25, -0.2) is 8.42 Å². The minimum Gasteiger partial charge on any atom is -0.454 e. The number of carbonyl (C=O) groups is 1. The predicted octanol–water partition coefficient (Wildman–Crippen LogP) is 2.60. The summed E-state index contributed by atoms with van der Waals surface area (Å²) in [6.45, 7) is 6.08. The van der Waals surface area contributed by atoms with Crippen LogP contribution < -0.4 is 14.8 Å². The molecular weight excluding hydrogens is 392 g/mol. The van der Waals surface area contributed by atoms with E-state index in [4.69, 9.17) is 9.47 Å². The zero-order valence-corrected chi connectivity index (χ0v) is 17.5. The zero-order chi connectivity index (χ0) is 20.8. The Morgan fingerprint density at radius 1 is 1.10 bits per heavy atom. The lowest BCUT2D eigenvalue weighted by Gasteiger charge is -2.20. The number of amides is 1. The summed E-state index contributed by atoms with van der Waals surface area (Å²) in [4.78, 5) is 11.6. The summed E-state index contributed by atoms with van der Waals surface area (Å²) in [7, 11) is -3.67. The summed E-state index contributed by atoms with van der Waals surface area (Å²) in [5, 5.41) is 2.81. The normalized spacial score (nSPS) is 18.8. The number of aryl methyl sites for hydroxylation is 2. The number of nitrogens with one attached hydrogen (secondary N) is 1. The van der Waals surface area contributed by atoms with Gasteiger partial charge in [-0.15, -0.1) is 0 Å². The Kier molecular flexibility index (Phi) is 5.00. The van der Waals surface area contributed by atoms with E-state index in [1.54, 1.807) is 6.07 Å². The van der Waals surface area contributed by atoms with E-state index < -0.39 is 10.0 Å². The molecule has 1 amide bonds. The second-order valence-electron chi connectivity index (χ2n) is 7.55. The standard InChI is InChI=1S/C21H24N2O5S/c1-13-8-14(2)21(29(25,26)23-7-6-17(11-23)22-15(3)24)10-18(13)16-4-5-19-20(9-16)28-12-27-19/h4-5,8-10,17H,6-7,11-12H2,1-3H3,(H,22,24). The molecule has 1 fully saturated rings. The maximum absolute atomic E-state index is 13.3. The second-order valence-corrected chi connectivity index (χ2v) is 9.46. The number of ether oxygens (including phenoxy) is 2. The SMILES string of the molecule is CC(=O)NC1CCN(S(=O)(=O)c2cc(-c3ccc4c(c3)OCO4)c(C)cc2C)C1. The molecular formula is C21H24N2O5S. The Morgan fingerprint density at radius 3 is 2.62 bits per heavy atom. The highest BCUT2D eigenvalue weighted by Gasteiger charge is 2.34. The topological polar surface area (TPSA) is 84.9 Å². The fourth-order valence-corrected chi connectivity index (χ4v) is 5.71. The molecule has 29 heavy (non-hydrogen) atoms. The third-order valence-corrected chi connectivity index (χ3v) is 7.39. The van der Waals surface area contributed by atoms with Crippen LogP contribution in [0.25, 0.3) is 11.1 Å². The summed E-state index contributed by atoms with van der Waals surface area (Å²) < 4.78 is 39.0. The first kappa shape index (κ1) is 19.7. The van der Waals surface area contributed by atoms with Crippen molar-refractivity contribution in [2.24, 2.45) is 0 Å². The number of rotatable bonds is 4. The molecule has 2 aromatic rings. The number of fused-ring (bicyclic) bond motifs is 1. The van der Waals surface area contributed by atoms with Crippen LogP contribution in [0.15, 0.2) is 35.2 Å². The summed E-state index contributed by atoms with van der Waals surface area (Å²) in [6, 6.07) is 9.10. The molecule has 2 aliphatic heterocycles. The Hall–Kier alpha value is -2.58. The second kappa shape index (κ2) is 7.35. The van der Waals surface area contributed by atoms with Gasteiger partial charge in [-0.3, -0.25) is 4.79 Å². The van der Waals surface area contributed by atoms with Gasteiger partial charge in [-0.1, -0.05) is 12.1 Å². The highest BCUT2D eigenvalue weighted by Crippen LogP contribution is 2.38. The molecule has 154 valence electrons. The van der Waals surface area contributed by atoms with Crippen LogP contribution in [0.5, 0.6) is 11.5 Å². The maximum Gasteiger partial charge on any atom is 0.243 e. The largest absolute Gasteiger partial charge is 0.454 e. The van der Waals surface area contributed by atoms with Gasteiger partial charge in [0.05, 0.1) is 4.90 Å². The Bertz CT molecular complexity index is 1080. The number of carbonyl (C=O) groups excluding carboxylic acids is 1. The van der Waals surface area contributed by atoms with Gasteiger partial charge in [0.2, 0.25) is 22.7 Å². The molecule has 1 atom stereocenters. The molecule has 4 rings (SSSR count). The zero-order valence-electron chi connectivity index (χ0n) is 16.7. The highest BCUT2D eigenvalue weighted by molar-refractivity contribution is 7.89. The monoisotopic (exact) mass is 416 g/mol. The lowest BCUT2D eigenvalue weighted by Crippen LogP contribution is -2.37. The van der Waals surface area contributed by atoms with Crippen molar-refractivity contribution < 1.29 is 22.7 Å². The highest BCUT2D eigenvalue weighted by atomic mass is 32.2. The first-order chi connectivity index (χ1) is 13.8. The maximum atomic E-state index is 13.3. The molecule has 0 bridgehead atoms. The van der Waals surface area contributed by atoms with E-state index in [-0.39, 0.29) is 25.3 Å². The van der Waals surface area contributed by atoms with Crippen molar-refractivity contribution in [1.29, 1.82) is 0 Å². The smallest absolute Gasteiger partial charge is 0.243 e. The van der Waals surface area contributed by atoms with E-state index in [0.29, 0.717) is 34.9 Å². The lowest BCUT2D eigenvalue weighted by atomic mass is 9.98. The van der Waals surface area contributed by atoms with Crippen LogP contribution in [0.3, 0.4) is 0 Å². The number of hydrogen-bond donors (Lipinski definition) is 1. The van der Waals surface area contributed by atoms with Gasteiger partial charge < -0.3 is 14.8 Å². The molecule has 0 aliphatic carbocycles. The van der Waals surface area contributed by atoms with E-state index in [1.165, 1.54) is 11.2 Å². The van der Waals surface area contributed by atoms with Crippen molar-refractivity contribution >= 4 is 15.9 Å². The first-order valence-electron chi connectivity index (χ1n) is 9.54. The average molecular weight is 416 g/mol. The molecule has 1 saturated heterocycles. The van der Waals surface area contributed by atoms with E-state index in [0.717, 1.165) is 16.7 Å². The van der Waals surface area contributed by atoms with Gasteiger partial charge in [0.25, 0.3) is 0 Å². The average Bonchev–Trinajstić information content (AvgIpc) is 3.29. The van der Waals surface area contributed by atoms with Crippen LogP contribution >= 0.6 is 0 Å². The third-order valence-electron chi connectivity index (χ3n) is 5.38. The van der Waals surface area contributed by atoms with Gasteiger partial charge >= 0.3 is 0 Å². The molecule has 1 N–H and O–H groups in total. The lowest BCUT2D eigenvalue weighted by molar-refractivity contribution is -0.119. The van der Waals surface area contributed by atoms with Crippen LogP contribution in [0, 0.1) is 13.8 Å². The van der Waals surface area contributed by atoms with Gasteiger partial charge in [0, 0.05) is 26.1 Å². The molecule has 1 unspecified atom stereocenters. The molecule has 8 heteroatoms. The summed E-state index contributed by atoms with van der Waals surface area (Å²) in [5.41, 5.74) is 3.40. The van der Waals surface area contributed by atoms with Gasteiger partial charge in [-0.05, 0) is 60.7 Å². The van der Waals surface area contributed by atoms with Gasteiger partial charge in [0.1, 0.15) is 0 Å². The molecule has 0 spiro atoms. The minimum absolute atomic E-state index is 0.147. The van der Waals surface area contributed by atoms with Crippen LogP contribution in [-0.4, -0.2) is 44.6 Å². The number of benzene rings is 2. The Balaban J connectivity index is 1.69. The van der Waals surface area contributed by atoms with E-state index in [2.05, 4.69) is 5.32 Å². The molecule has 2 heterocycles. The van der Waals surface area contributed by atoms with Gasteiger partial charge in [0.15, 0.2) is 11.5 Å². The number of nitrogens with zero attached hydrogens (tertiary/aromatic N) is 1. The van der Waals surface area contributed by atoms with Crippen LogP contribution in [0.4, 0.5) is 0 Å². The van der Waals surface area contributed by atoms with Crippen molar-refractivity contribution in [3.05, 3.63) is 41.5 Å². The Labute approximate surface area is 170 Å². The summed E-state index contributed by atoms with van der Waals surface area (Å²) >= 11 is 0. The van der Waals surface area contributed by atoms with E-state index in [1.807, 2.05) is 38.1 Å². The van der Waals surface area contributed by atoms with Crippen molar-refractivity contribution in [2.75, 3.05) is 19.9 Å². The van der Waals surface area contributed by atoms with Crippen LogP contribution in [0.1, 0.15) is 24.5 Å². The summed E-state index contributed by atoms with van der Waals surface area (Å²) in [6.07, 6.45) is 0.610. The predicted molar refractivity (Wildman–Crippen MR) is 108 cm³/mol. The molecule has 7 nitrogen and oxygen atoms in total. The van der Waals surface area contributed by atoms with Crippen LogP contribution in [-0.2, 0) is 14.8 Å². The molecule has 0 radical (unpaired) electrons. The van der Waals surface area contributed by atoms with E-state index >= 15 is 0 Å². The Morgan fingerprint density at radius 2 is 1.86 bits per heavy atom. The third kappa shape index (κ3) is 3.70. The number of sulfonamides is 1. The van der Waals surface area contributed by atoms with Crippen molar-refractivity contribution in [1.82, 2.24) is 9.62 Å². The van der Waals surface area contributed by atoms with Crippen LogP contribution in [0.2, 0.25) is 0 Å². The molecule has 2 aromatic carbocycles. The summed E-state index contributed by atoms with van der Waals surface area (Å²) in [5.74, 6) is 1.20. The molecule has 0 saturated carbocycles. The minimum atomic E-state index is -3.67. The quantitative estimate of drug-likeness (QED) is 0.828. The molecule has 2 aliphatic rings. The number of hydrogen-bond acceptors (Lipinski definition) is 5. The molecule has 0 aromatic heterocycles. The van der Waals surface area contributed by atoms with Crippen molar-refractivity contribution in [3.8, 4) is 22.6 Å². The van der Waals surface area contributed by atoms with Crippen molar-refractivity contribution in [3.63, 3.8) is 0 Å².